The summed E-state index contributed by atoms with van der Waals surface area (Å²) in [4.78, 5) is 12.8. The molecule has 1 aromatic rings. The van der Waals surface area contributed by atoms with Crippen molar-refractivity contribution in [3.05, 3.63) is 11.6 Å². The first-order chi connectivity index (χ1) is 6.84. The van der Waals surface area contributed by atoms with Crippen LogP contribution in [-0.4, -0.2) is 15.0 Å². The summed E-state index contributed by atoms with van der Waals surface area (Å²) in [5.74, 6) is 2.22. The molecular weight excluding hydrogens is 188 g/mol. The van der Waals surface area contributed by atoms with Crippen molar-refractivity contribution in [3.63, 3.8) is 0 Å². The van der Waals surface area contributed by atoms with Gasteiger partial charge in [0.25, 0.3) is 0 Å². The van der Waals surface area contributed by atoms with Crippen molar-refractivity contribution in [3.8, 4) is 0 Å². The Morgan fingerprint density at radius 2 is 1.80 bits per heavy atom. The van der Waals surface area contributed by atoms with Crippen LogP contribution in [0, 0.1) is 0 Å². The van der Waals surface area contributed by atoms with Crippen LogP contribution in [0.15, 0.2) is 0 Å². The van der Waals surface area contributed by atoms with E-state index in [2.05, 4.69) is 49.6 Å². The van der Waals surface area contributed by atoms with Gasteiger partial charge < -0.3 is 5.73 Å². The Labute approximate surface area is 91.3 Å². The molecule has 0 radical (unpaired) electrons. The maximum absolute atomic E-state index is 5.69. The molecule has 4 heteroatoms. The molecule has 2 N–H and O–H groups in total. The van der Waals surface area contributed by atoms with Gasteiger partial charge in [-0.3, -0.25) is 0 Å². The number of hydrogen-bond acceptors (Lipinski definition) is 4. The number of nitrogens with two attached hydrogens (primary N) is 1. The van der Waals surface area contributed by atoms with E-state index < -0.39 is 0 Å². The molecule has 1 heterocycles. The molecule has 1 atom stereocenters. The van der Waals surface area contributed by atoms with Crippen molar-refractivity contribution in [2.45, 2.75) is 52.4 Å². The second-order valence-corrected chi connectivity index (χ2v) is 4.93. The molecule has 84 valence electrons. The molecule has 4 nitrogen and oxygen atoms in total. The van der Waals surface area contributed by atoms with Gasteiger partial charge in [0.2, 0.25) is 5.95 Å². The summed E-state index contributed by atoms with van der Waals surface area (Å²) in [7, 11) is 0. The van der Waals surface area contributed by atoms with Gasteiger partial charge in [-0.15, -0.1) is 0 Å². The highest BCUT2D eigenvalue weighted by Crippen LogP contribution is 2.21. The smallest absolute Gasteiger partial charge is 0.223 e. The molecule has 0 aromatic carbocycles. The SMILES string of the molecule is CCC(C)c1nc(N)nc(C(C)(C)C)n1. The Balaban J connectivity index is 3.17. The lowest BCUT2D eigenvalue weighted by atomic mass is 9.95. The van der Waals surface area contributed by atoms with Gasteiger partial charge in [0.15, 0.2) is 0 Å². The normalized spacial score (nSPS) is 13.9. The molecular formula is C11H20N4. The number of aromatic nitrogens is 3. The van der Waals surface area contributed by atoms with Gasteiger partial charge in [-0.2, -0.15) is 9.97 Å². The summed E-state index contributed by atoms with van der Waals surface area (Å²) in [6, 6.07) is 0. The topological polar surface area (TPSA) is 64.7 Å². The third-order valence-electron chi connectivity index (χ3n) is 2.39. The molecule has 0 fully saturated rings. The summed E-state index contributed by atoms with van der Waals surface area (Å²) in [6.07, 6.45) is 1.01. The molecule has 0 amide bonds. The fraction of sp³-hybridized carbons (Fsp3) is 0.727. The molecule has 0 aliphatic carbocycles. The second-order valence-electron chi connectivity index (χ2n) is 4.93. The maximum Gasteiger partial charge on any atom is 0.223 e. The monoisotopic (exact) mass is 208 g/mol. The highest BCUT2D eigenvalue weighted by atomic mass is 15.1. The van der Waals surface area contributed by atoms with E-state index in [-0.39, 0.29) is 5.41 Å². The van der Waals surface area contributed by atoms with E-state index in [4.69, 9.17) is 5.73 Å². The number of hydrogen-bond donors (Lipinski definition) is 1. The third kappa shape index (κ3) is 2.88. The Bertz CT molecular complexity index is 341. The van der Waals surface area contributed by atoms with Gasteiger partial charge in [0.1, 0.15) is 11.6 Å². The Kier molecular flexibility index (Phi) is 3.27. The summed E-state index contributed by atoms with van der Waals surface area (Å²) in [6.45, 7) is 10.4. The van der Waals surface area contributed by atoms with Gasteiger partial charge in [-0.05, 0) is 6.42 Å². The van der Waals surface area contributed by atoms with Crippen LogP contribution in [0.5, 0.6) is 0 Å². The fourth-order valence-electron chi connectivity index (χ4n) is 1.15. The maximum atomic E-state index is 5.69. The van der Waals surface area contributed by atoms with Crippen LogP contribution in [0.1, 0.15) is 58.6 Å². The van der Waals surface area contributed by atoms with E-state index in [0.717, 1.165) is 18.1 Å². The van der Waals surface area contributed by atoms with Crippen LogP contribution < -0.4 is 5.73 Å². The standard InChI is InChI=1S/C11H20N4/c1-6-7(2)8-13-9(11(3,4)5)15-10(12)14-8/h7H,6H2,1-5H3,(H2,12,13,14,15). The van der Waals surface area contributed by atoms with E-state index in [9.17, 15) is 0 Å². The minimum Gasteiger partial charge on any atom is -0.368 e. The zero-order valence-electron chi connectivity index (χ0n) is 10.2. The lowest BCUT2D eigenvalue weighted by Gasteiger charge is -2.18. The molecule has 15 heavy (non-hydrogen) atoms. The predicted octanol–water partition coefficient (Wildman–Crippen LogP) is 2.26. The average molecular weight is 208 g/mol. The largest absolute Gasteiger partial charge is 0.368 e. The number of nitrogen functional groups attached to an aromatic ring is 1. The molecule has 0 aliphatic heterocycles. The van der Waals surface area contributed by atoms with Crippen molar-refractivity contribution in [1.82, 2.24) is 15.0 Å². The predicted molar refractivity (Wildman–Crippen MR) is 61.6 cm³/mol. The minimum atomic E-state index is -0.0841. The zero-order valence-corrected chi connectivity index (χ0v) is 10.2. The fourth-order valence-corrected chi connectivity index (χ4v) is 1.15. The van der Waals surface area contributed by atoms with E-state index in [0.29, 0.717) is 11.9 Å². The Hall–Kier alpha value is -1.19. The lowest BCUT2D eigenvalue weighted by Crippen LogP contribution is -2.20. The first-order valence-corrected chi connectivity index (χ1v) is 5.36. The molecule has 1 rings (SSSR count). The summed E-state index contributed by atoms with van der Waals surface area (Å²) in [5.41, 5.74) is 5.60. The highest BCUT2D eigenvalue weighted by molar-refractivity contribution is 5.20. The van der Waals surface area contributed by atoms with Crippen molar-refractivity contribution in [2.24, 2.45) is 0 Å². The zero-order chi connectivity index (χ0) is 11.6. The number of anilines is 1. The van der Waals surface area contributed by atoms with Gasteiger partial charge in [-0.25, -0.2) is 4.98 Å². The van der Waals surface area contributed by atoms with E-state index in [1.54, 1.807) is 0 Å². The van der Waals surface area contributed by atoms with Crippen LogP contribution in [-0.2, 0) is 5.41 Å². The highest BCUT2D eigenvalue weighted by Gasteiger charge is 2.20. The number of nitrogens with zero attached hydrogens (tertiary/aromatic N) is 3. The van der Waals surface area contributed by atoms with Crippen LogP contribution in [0.4, 0.5) is 5.95 Å². The van der Waals surface area contributed by atoms with Gasteiger partial charge in [0.05, 0.1) is 0 Å². The summed E-state index contributed by atoms with van der Waals surface area (Å²) in [5, 5.41) is 0. The van der Waals surface area contributed by atoms with Gasteiger partial charge >= 0.3 is 0 Å². The first-order valence-electron chi connectivity index (χ1n) is 5.36. The number of rotatable bonds is 2. The summed E-state index contributed by atoms with van der Waals surface area (Å²) < 4.78 is 0. The van der Waals surface area contributed by atoms with Crippen molar-refractivity contribution in [1.29, 1.82) is 0 Å². The van der Waals surface area contributed by atoms with Gasteiger partial charge in [-0.1, -0.05) is 34.6 Å². The average Bonchev–Trinajstić information content (AvgIpc) is 2.14. The molecule has 1 unspecified atom stereocenters. The molecule has 1 aromatic heterocycles. The Morgan fingerprint density at radius 3 is 2.27 bits per heavy atom. The van der Waals surface area contributed by atoms with E-state index in [1.165, 1.54) is 0 Å². The van der Waals surface area contributed by atoms with Crippen molar-refractivity contribution >= 4 is 5.95 Å². The molecule has 0 saturated heterocycles. The Morgan fingerprint density at radius 1 is 1.20 bits per heavy atom. The van der Waals surface area contributed by atoms with Gasteiger partial charge in [0, 0.05) is 11.3 Å². The molecule has 0 spiro atoms. The van der Waals surface area contributed by atoms with Crippen LogP contribution >= 0.6 is 0 Å². The quantitative estimate of drug-likeness (QED) is 0.809. The molecule has 0 saturated carbocycles. The van der Waals surface area contributed by atoms with Crippen molar-refractivity contribution < 1.29 is 0 Å². The molecule has 0 aliphatic rings. The van der Waals surface area contributed by atoms with Crippen LogP contribution in [0.2, 0.25) is 0 Å². The minimum absolute atomic E-state index is 0.0841. The van der Waals surface area contributed by atoms with Crippen LogP contribution in [0.3, 0.4) is 0 Å². The second kappa shape index (κ2) is 4.13. The van der Waals surface area contributed by atoms with Crippen LogP contribution in [0.25, 0.3) is 0 Å². The third-order valence-corrected chi connectivity index (χ3v) is 2.39. The lowest BCUT2D eigenvalue weighted by molar-refractivity contribution is 0.529. The van der Waals surface area contributed by atoms with E-state index in [1.807, 2.05) is 0 Å². The van der Waals surface area contributed by atoms with Crippen molar-refractivity contribution in [2.75, 3.05) is 5.73 Å². The first kappa shape index (κ1) is 11.9. The summed E-state index contributed by atoms with van der Waals surface area (Å²) >= 11 is 0. The molecule has 0 bridgehead atoms. The van der Waals surface area contributed by atoms with E-state index >= 15 is 0 Å².